The number of hydrogen-bond donors (Lipinski definition) is 0. The molecule has 1 heterocycles. The number of rotatable bonds is 7. The number of nitrogens with zero attached hydrogens (tertiary/aromatic N) is 1. The third kappa shape index (κ3) is 7.86. The summed E-state index contributed by atoms with van der Waals surface area (Å²) in [4.78, 5) is 24.3. The summed E-state index contributed by atoms with van der Waals surface area (Å²) < 4.78 is 73.2. The molecule has 0 aromatic carbocycles. The third-order valence-corrected chi connectivity index (χ3v) is 6.13. The minimum atomic E-state index is -4.70. The van der Waals surface area contributed by atoms with Gasteiger partial charge in [-0.2, -0.15) is 13.2 Å². The van der Waals surface area contributed by atoms with Gasteiger partial charge in [0, 0.05) is 0 Å². The number of sulfonamides is 1. The molecule has 1 aliphatic heterocycles. The number of ketones is 1. The first-order valence-corrected chi connectivity index (χ1v) is 11.3. The fourth-order valence-corrected chi connectivity index (χ4v) is 4.36. The SMILES string of the molecule is C[C@@H]1C[C@H](CN(C(=O)OC(C)(C)C)S(=O)(=O)CCC(F)(F)F)O[C@@H]1C(=O)CBr. The molecule has 0 radical (unpaired) electrons. The predicted octanol–water partition coefficient (Wildman–Crippen LogP) is 3.26. The van der Waals surface area contributed by atoms with Crippen LogP contribution in [-0.2, 0) is 24.3 Å². The van der Waals surface area contributed by atoms with E-state index in [1.165, 1.54) is 20.8 Å². The highest BCUT2D eigenvalue weighted by Gasteiger charge is 2.42. The van der Waals surface area contributed by atoms with Gasteiger partial charge < -0.3 is 9.47 Å². The Hall–Kier alpha value is -0.880. The van der Waals surface area contributed by atoms with Gasteiger partial charge in [-0.15, -0.1) is 0 Å². The van der Waals surface area contributed by atoms with E-state index in [9.17, 15) is 31.2 Å². The van der Waals surface area contributed by atoms with Crippen molar-refractivity contribution in [1.29, 1.82) is 0 Å². The molecule has 0 spiro atoms. The first-order valence-electron chi connectivity index (χ1n) is 8.60. The molecule has 1 amide bonds. The zero-order valence-electron chi connectivity index (χ0n) is 16.1. The Bertz CT molecular complexity index is 677. The van der Waals surface area contributed by atoms with E-state index in [1.54, 1.807) is 6.92 Å². The van der Waals surface area contributed by atoms with Gasteiger partial charge in [0.1, 0.15) is 11.7 Å². The van der Waals surface area contributed by atoms with Crippen molar-refractivity contribution < 1.29 is 40.7 Å². The summed E-state index contributed by atoms with van der Waals surface area (Å²) in [6.07, 6.45) is -8.89. The lowest BCUT2D eigenvalue weighted by Gasteiger charge is -2.28. The molecule has 0 N–H and O–H groups in total. The van der Waals surface area contributed by atoms with E-state index in [2.05, 4.69) is 15.9 Å². The van der Waals surface area contributed by atoms with Gasteiger partial charge in [-0.05, 0) is 33.1 Å². The Kier molecular flexibility index (Phi) is 8.35. The smallest absolute Gasteiger partial charge is 0.424 e. The predicted molar refractivity (Wildman–Crippen MR) is 98.6 cm³/mol. The van der Waals surface area contributed by atoms with Crippen LogP contribution in [0.25, 0.3) is 0 Å². The lowest BCUT2D eigenvalue weighted by Crippen LogP contribution is -2.46. The summed E-state index contributed by atoms with van der Waals surface area (Å²) in [6.45, 7) is 5.73. The zero-order chi connectivity index (χ0) is 21.9. The molecule has 1 rings (SSSR count). The largest absolute Gasteiger partial charge is 0.443 e. The van der Waals surface area contributed by atoms with Gasteiger partial charge in [0.05, 0.1) is 30.2 Å². The number of carbonyl (C=O) groups is 2. The van der Waals surface area contributed by atoms with Gasteiger partial charge >= 0.3 is 12.3 Å². The van der Waals surface area contributed by atoms with Crippen LogP contribution >= 0.6 is 15.9 Å². The fourth-order valence-electron chi connectivity index (χ4n) is 2.68. The minimum absolute atomic E-state index is 0.0500. The number of ether oxygens (including phenoxy) is 2. The van der Waals surface area contributed by atoms with Crippen LogP contribution in [0.4, 0.5) is 18.0 Å². The van der Waals surface area contributed by atoms with Gasteiger partial charge in [-0.25, -0.2) is 17.5 Å². The van der Waals surface area contributed by atoms with Gasteiger partial charge in [0.15, 0.2) is 5.78 Å². The average molecular weight is 496 g/mol. The second-order valence-electron chi connectivity index (χ2n) is 7.68. The zero-order valence-corrected chi connectivity index (χ0v) is 18.5. The van der Waals surface area contributed by atoms with Crippen LogP contribution in [0.2, 0.25) is 0 Å². The Balaban J connectivity index is 3.02. The van der Waals surface area contributed by atoms with Crippen LogP contribution < -0.4 is 0 Å². The Morgan fingerprint density at radius 1 is 1.25 bits per heavy atom. The van der Waals surface area contributed by atoms with Gasteiger partial charge in [0.25, 0.3) is 0 Å². The van der Waals surface area contributed by atoms with E-state index in [0.29, 0.717) is 0 Å². The number of Topliss-reactive ketones (excluding diaryl/α,β-unsaturated/α-hetero) is 1. The molecule has 12 heteroatoms. The minimum Gasteiger partial charge on any atom is -0.443 e. The summed E-state index contributed by atoms with van der Waals surface area (Å²) in [7, 11) is -4.61. The highest BCUT2D eigenvalue weighted by molar-refractivity contribution is 9.09. The van der Waals surface area contributed by atoms with Gasteiger partial charge in [-0.1, -0.05) is 22.9 Å². The summed E-state index contributed by atoms with van der Waals surface area (Å²) in [5.41, 5.74) is -1.05. The van der Waals surface area contributed by atoms with Crippen molar-refractivity contribution in [3.05, 3.63) is 0 Å². The molecule has 0 aliphatic carbocycles. The second kappa shape index (κ2) is 9.29. The average Bonchev–Trinajstić information content (AvgIpc) is 2.88. The monoisotopic (exact) mass is 495 g/mol. The van der Waals surface area contributed by atoms with Crippen LogP contribution in [0, 0.1) is 5.92 Å². The maximum Gasteiger partial charge on any atom is 0.424 e. The van der Waals surface area contributed by atoms with Crippen molar-refractivity contribution in [3.63, 3.8) is 0 Å². The summed E-state index contributed by atoms with van der Waals surface area (Å²) in [5, 5.41) is 0.0500. The quantitative estimate of drug-likeness (QED) is 0.503. The molecule has 28 heavy (non-hydrogen) atoms. The molecular weight excluding hydrogens is 471 g/mol. The molecule has 0 unspecified atom stereocenters. The Morgan fingerprint density at radius 3 is 2.29 bits per heavy atom. The van der Waals surface area contributed by atoms with Gasteiger partial charge in [-0.3, -0.25) is 4.79 Å². The van der Waals surface area contributed by atoms with Gasteiger partial charge in [0.2, 0.25) is 10.0 Å². The van der Waals surface area contributed by atoms with Crippen LogP contribution in [0.15, 0.2) is 0 Å². The summed E-state index contributed by atoms with van der Waals surface area (Å²) >= 11 is 3.03. The van der Waals surface area contributed by atoms with E-state index >= 15 is 0 Å². The summed E-state index contributed by atoms with van der Waals surface area (Å²) in [6, 6.07) is 0. The van der Waals surface area contributed by atoms with E-state index in [0.717, 1.165) is 0 Å². The second-order valence-corrected chi connectivity index (χ2v) is 10.3. The highest BCUT2D eigenvalue weighted by atomic mass is 79.9. The summed E-state index contributed by atoms with van der Waals surface area (Å²) in [5.74, 6) is -1.76. The third-order valence-electron chi connectivity index (χ3n) is 3.89. The highest BCUT2D eigenvalue weighted by Crippen LogP contribution is 2.29. The number of halogens is 4. The molecular formula is C16H25BrF3NO6S. The molecule has 1 saturated heterocycles. The number of alkyl halides is 4. The van der Waals surface area contributed by atoms with Crippen LogP contribution in [-0.4, -0.2) is 66.2 Å². The normalized spacial score (nSPS) is 23.5. The Labute approximate surface area is 171 Å². The lowest BCUT2D eigenvalue weighted by atomic mass is 9.99. The van der Waals surface area contributed by atoms with Crippen molar-refractivity contribution in [2.75, 3.05) is 17.6 Å². The maximum absolute atomic E-state index is 12.5. The molecule has 0 aromatic rings. The number of hydrogen-bond acceptors (Lipinski definition) is 6. The maximum atomic E-state index is 12.5. The standard InChI is InChI=1S/C16H25BrF3NO6S/c1-10-7-11(26-13(10)12(22)8-17)9-21(14(23)27-15(2,3)4)28(24,25)6-5-16(18,19)20/h10-11,13H,5-9H2,1-4H3/t10-,11-,13+/m1/s1. The molecule has 164 valence electrons. The fraction of sp³-hybridized carbons (Fsp3) is 0.875. The molecule has 7 nitrogen and oxygen atoms in total. The van der Waals surface area contributed by atoms with Crippen LogP contribution in [0.5, 0.6) is 0 Å². The Morgan fingerprint density at radius 2 is 1.82 bits per heavy atom. The van der Waals surface area contributed by atoms with Crippen molar-refractivity contribution >= 4 is 37.8 Å². The van der Waals surface area contributed by atoms with E-state index < -0.39 is 58.8 Å². The van der Waals surface area contributed by atoms with Crippen LogP contribution in [0.1, 0.15) is 40.5 Å². The lowest BCUT2D eigenvalue weighted by molar-refractivity contribution is -0.130. The molecule has 3 atom stereocenters. The number of carbonyl (C=O) groups excluding carboxylic acids is 2. The topological polar surface area (TPSA) is 90.0 Å². The van der Waals surface area contributed by atoms with Crippen molar-refractivity contribution in [3.8, 4) is 0 Å². The molecule has 1 fully saturated rings. The van der Waals surface area contributed by atoms with E-state index in [1.807, 2.05) is 0 Å². The first-order chi connectivity index (χ1) is 12.6. The molecule has 1 aliphatic rings. The molecule has 0 saturated carbocycles. The molecule has 0 bridgehead atoms. The van der Waals surface area contributed by atoms with E-state index in [-0.39, 0.29) is 27.8 Å². The molecule has 0 aromatic heterocycles. The van der Waals surface area contributed by atoms with Crippen molar-refractivity contribution in [2.24, 2.45) is 5.92 Å². The van der Waals surface area contributed by atoms with Crippen LogP contribution in [0.3, 0.4) is 0 Å². The van der Waals surface area contributed by atoms with Crippen molar-refractivity contribution in [2.45, 2.75) is 64.5 Å². The number of amides is 1. The van der Waals surface area contributed by atoms with E-state index in [4.69, 9.17) is 9.47 Å². The first kappa shape index (κ1) is 25.2. The van der Waals surface area contributed by atoms with Crippen molar-refractivity contribution in [1.82, 2.24) is 4.31 Å².